The number of halogens is 2. The molecule has 4 heteroatoms. The van der Waals surface area contributed by atoms with Crippen LogP contribution in [0.5, 0.6) is 0 Å². The molecule has 0 aromatic heterocycles. The first-order chi connectivity index (χ1) is 7.08. The third kappa shape index (κ3) is 2.29. The Morgan fingerprint density at radius 3 is 2.73 bits per heavy atom. The highest BCUT2D eigenvalue weighted by Gasteiger charge is 2.27. The molecule has 80 valence electrons. The van der Waals surface area contributed by atoms with Gasteiger partial charge in [0.05, 0.1) is 10.7 Å². The van der Waals surface area contributed by atoms with Crippen molar-refractivity contribution in [1.82, 2.24) is 0 Å². The lowest BCUT2D eigenvalue weighted by Crippen LogP contribution is -2.07. The normalized spacial score (nSPS) is 15.1. The number of anilines is 1. The van der Waals surface area contributed by atoms with Gasteiger partial charge in [-0.25, -0.2) is 4.39 Å². The molecule has 1 fully saturated rings. The molecule has 1 aliphatic carbocycles. The second-order valence-electron chi connectivity index (χ2n) is 3.81. The zero-order valence-electron chi connectivity index (χ0n) is 8.31. The number of carbonyl (C=O) groups excluding carboxylic acids is 1. The molecule has 15 heavy (non-hydrogen) atoms. The van der Waals surface area contributed by atoms with Crippen LogP contribution in [0.15, 0.2) is 12.1 Å². The Morgan fingerprint density at radius 2 is 2.20 bits per heavy atom. The van der Waals surface area contributed by atoms with Crippen LogP contribution in [-0.2, 0) is 4.79 Å². The molecule has 1 N–H and O–H groups in total. The average Bonchev–Trinajstić information content (AvgIpc) is 2.93. The molecule has 0 atom stereocenters. The van der Waals surface area contributed by atoms with E-state index in [4.69, 9.17) is 11.6 Å². The Bertz CT molecular complexity index is 415. The maximum atomic E-state index is 13.6. The highest BCUT2D eigenvalue weighted by molar-refractivity contribution is 6.33. The number of carbonyl (C=O) groups is 1. The predicted octanol–water partition coefficient (Wildman–Crippen LogP) is 3.31. The SMILES string of the molecule is CC(=O)Nc1cc(F)c(C2CC2)cc1Cl. The summed E-state index contributed by atoms with van der Waals surface area (Å²) in [7, 11) is 0. The van der Waals surface area contributed by atoms with E-state index in [-0.39, 0.29) is 11.7 Å². The third-order valence-corrected chi connectivity index (χ3v) is 2.73. The van der Waals surface area contributed by atoms with Gasteiger partial charge in [0.2, 0.25) is 5.91 Å². The lowest BCUT2D eigenvalue weighted by Gasteiger charge is -2.08. The van der Waals surface area contributed by atoms with Crippen LogP contribution in [0, 0.1) is 5.82 Å². The van der Waals surface area contributed by atoms with Crippen molar-refractivity contribution >= 4 is 23.2 Å². The fourth-order valence-electron chi connectivity index (χ4n) is 1.55. The largest absolute Gasteiger partial charge is 0.325 e. The fraction of sp³-hybridized carbons (Fsp3) is 0.364. The zero-order valence-corrected chi connectivity index (χ0v) is 9.07. The van der Waals surface area contributed by atoms with Gasteiger partial charge in [0.1, 0.15) is 5.82 Å². The van der Waals surface area contributed by atoms with E-state index in [2.05, 4.69) is 5.32 Å². The van der Waals surface area contributed by atoms with Crippen LogP contribution in [0.3, 0.4) is 0 Å². The minimum absolute atomic E-state index is 0.254. The van der Waals surface area contributed by atoms with Crippen molar-refractivity contribution in [2.24, 2.45) is 0 Å². The van der Waals surface area contributed by atoms with Crippen LogP contribution in [0.4, 0.5) is 10.1 Å². The smallest absolute Gasteiger partial charge is 0.221 e. The molecule has 0 radical (unpaired) electrons. The number of hydrogen-bond donors (Lipinski definition) is 1. The molecule has 0 heterocycles. The van der Waals surface area contributed by atoms with Gasteiger partial charge in [0.15, 0.2) is 0 Å². The van der Waals surface area contributed by atoms with E-state index in [0.29, 0.717) is 22.2 Å². The molecule has 1 aromatic carbocycles. The van der Waals surface area contributed by atoms with E-state index in [1.807, 2.05) is 0 Å². The zero-order chi connectivity index (χ0) is 11.0. The quantitative estimate of drug-likeness (QED) is 0.825. The number of amides is 1. The van der Waals surface area contributed by atoms with E-state index < -0.39 is 0 Å². The lowest BCUT2D eigenvalue weighted by atomic mass is 10.1. The first-order valence-electron chi connectivity index (χ1n) is 4.84. The second kappa shape index (κ2) is 3.81. The molecule has 0 bridgehead atoms. The third-order valence-electron chi connectivity index (χ3n) is 2.41. The summed E-state index contributed by atoms with van der Waals surface area (Å²) in [5.41, 5.74) is 1.00. The van der Waals surface area contributed by atoms with Gasteiger partial charge in [-0.3, -0.25) is 4.79 Å². The maximum absolute atomic E-state index is 13.6. The Balaban J connectivity index is 2.33. The maximum Gasteiger partial charge on any atom is 0.221 e. The van der Waals surface area contributed by atoms with Crippen LogP contribution in [0.1, 0.15) is 31.2 Å². The first-order valence-corrected chi connectivity index (χ1v) is 5.22. The fourth-order valence-corrected chi connectivity index (χ4v) is 1.77. The van der Waals surface area contributed by atoms with Gasteiger partial charge in [-0.15, -0.1) is 0 Å². The summed E-state index contributed by atoms with van der Waals surface area (Å²) in [6.07, 6.45) is 2.04. The van der Waals surface area contributed by atoms with E-state index >= 15 is 0 Å². The van der Waals surface area contributed by atoms with Crippen molar-refractivity contribution in [2.75, 3.05) is 5.32 Å². The van der Waals surface area contributed by atoms with Crippen molar-refractivity contribution in [3.8, 4) is 0 Å². The summed E-state index contributed by atoms with van der Waals surface area (Å²) in [5, 5.41) is 2.89. The highest BCUT2D eigenvalue weighted by Crippen LogP contribution is 2.43. The van der Waals surface area contributed by atoms with Gasteiger partial charge in [-0.2, -0.15) is 0 Å². The average molecular weight is 228 g/mol. The van der Waals surface area contributed by atoms with Crippen molar-refractivity contribution in [1.29, 1.82) is 0 Å². The second-order valence-corrected chi connectivity index (χ2v) is 4.22. The minimum Gasteiger partial charge on any atom is -0.325 e. The molecule has 0 saturated heterocycles. The van der Waals surface area contributed by atoms with Gasteiger partial charge in [0.25, 0.3) is 0 Å². The topological polar surface area (TPSA) is 29.1 Å². The molecule has 2 nitrogen and oxygen atoms in total. The number of hydrogen-bond acceptors (Lipinski definition) is 1. The summed E-state index contributed by atoms with van der Waals surface area (Å²) in [4.78, 5) is 10.8. The van der Waals surface area contributed by atoms with Crippen molar-refractivity contribution in [3.05, 3.63) is 28.5 Å². The Kier molecular flexibility index (Phi) is 2.65. The highest BCUT2D eigenvalue weighted by atomic mass is 35.5. The summed E-state index contributed by atoms with van der Waals surface area (Å²) in [6.45, 7) is 1.36. The predicted molar refractivity (Wildman–Crippen MR) is 57.7 cm³/mol. The van der Waals surface area contributed by atoms with E-state index in [0.717, 1.165) is 12.8 Å². The van der Waals surface area contributed by atoms with E-state index in [9.17, 15) is 9.18 Å². The Labute approximate surface area is 92.4 Å². The molecule has 0 aliphatic heterocycles. The van der Waals surface area contributed by atoms with Crippen molar-refractivity contribution < 1.29 is 9.18 Å². The summed E-state index contributed by atoms with van der Waals surface area (Å²) < 4.78 is 13.6. The van der Waals surface area contributed by atoms with Crippen LogP contribution in [-0.4, -0.2) is 5.91 Å². The van der Waals surface area contributed by atoms with Crippen LogP contribution in [0.2, 0.25) is 5.02 Å². The molecule has 2 rings (SSSR count). The van der Waals surface area contributed by atoms with Gasteiger partial charge >= 0.3 is 0 Å². The summed E-state index contributed by atoms with van der Waals surface area (Å²) in [6, 6.07) is 2.90. The van der Waals surface area contributed by atoms with Crippen LogP contribution < -0.4 is 5.32 Å². The molecular weight excluding hydrogens is 217 g/mol. The van der Waals surface area contributed by atoms with Crippen molar-refractivity contribution in [2.45, 2.75) is 25.7 Å². The Morgan fingerprint density at radius 1 is 1.53 bits per heavy atom. The standard InChI is InChI=1S/C11H11ClFNO/c1-6(15)14-11-5-10(13)8(4-9(11)12)7-2-3-7/h4-5,7H,2-3H2,1H3,(H,14,15). The van der Waals surface area contributed by atoms with Crippen molar-refractivity contribution in [3.63, 3.8) is 0 Å². The number of nitrogens with one attached hydrogen (secondary N) is 1. The Hall–Kier alpha value is -1.09. The first kappa shape index (κ1) is 10.4. The molecule has 0 unspecified atom stereocenters. The molecule has 0 spiro atoms. The molecular formula is C11H11ClFNO. The van der Waals surface area contributed by atoms with Gasteiger partial charge in [-0.05, 0) is 36.5 Å². The minimum atomic E-state index is -0.286. The molecule has 1 aliphatic rings. The van der Waals surface area contributed by atoms with Gasteiger partial charge < -0.3 is 5.32 Å². The van der Waals surface area contributed by atoms with Crippen LogP contribution >= 0.6 is 11.6 Å². The molecule has 1 amide bonds. The summed E-state index contributed by atoms with van der Waals surface area (Å²) >= 11 is 5.94. The monoisotopic (exact) mass is 227 g/mol. The van der Waals surface area contributed by atoms with E-state index in [1.54, 1.807) is 6.07 Å². The number of benzene rings is 1. The molecule has 1 aromatic rings. The summed E-state index contributed by atoms with van der Waals surface area (Å²) in [5.74, 6) is -0.227. The van der Waals surface area contributed by atoms with Gasteiger partial charge in [0, 0.05) is 6.92 Å². The lowest BCUT2D eigenvalue weighted by molar-refractivity contribution is -0.114. The van der Waals surface area contributed by atoms with Gasteiger partial charge in [-0.1, -0.05) is 11.6 Å². The number of rotatable bonds is 2. The van der Waals surface area contributed by atoms with Crippen LogP contribution in [0.25, 0.3) is 0 Å². The van der Waals surface area contributed by atoms with E-state index in [1.165, 1.54) is 13.0 Å². The molecule has 1 saturated carbocycles.